The first-order valence-electron chi connectivity index (χ1n) is 6.91. The first-order chi connectivity index (χ1) is 9.24. The van der Waals surface area contributed by atoms with Crippen LogP contribution in [0.3, 0.4) is 0 Å². The average molecular weight is 275 g/mol. The van der Waals surface area contributed by atoms with Gasteiger partial charge < -0.3 is 10.4 Å². The van der Waals surface area contributed by atoms with Crippen molar-refractivity contribution >= 4 is 11.9 Å². The maximum Gasteiger partial charge on any atom is 0.329 e. The zero-order chi connectivity index (χ0) is 15.0. The van der Waals surface area contributed by atoms with Crippen molar-refractivity contribution in [1.29, 1.82) is 0 Å². The molecule has 0 radical (unpaired) electrons. The predicted octanol–water partition coefficient (Wildman–Crippen LogP) is 2.72. The van der Waals surface area contributed by atoms with E-state index in [2.05, 4.69) is 26.1 Å². The Hall–Kier alpha value is -1.84. The highest BCUT2D eigenvalue weighted by Crippen LogP contribution is 2.32. The third kappa shape index (κ3) is 2.69. The van der Waals surface area contributed by atoms with E-state index in [0.717, 1.165) is 12.0 Å². The lowest BCUT2D eigenvalue weighted by Gasteiger charge is -2.38. The van der Waals surface area contributed by atoms with E-state index in [1.165, 1.54) is 0 Å². The molecule has 1 aliphatic carbocycles. The molecule has 1 fully saturated rings. The van der Waals surface area contributed by atoms with Crippen LogP contribution in [0.15, 0.2) is 24.3 Å². The smallest absolute Gasteiger partial charge is 0.329 e. The largest absolute Gasteiger partial charge is 0.480 e. The third-order valence-corrected chi connectivity index (χ3v) is 3.98. The Morgan fingerprint density at radius 3 is 2.05 bits per heavy atom. The van der Waals surface area contributed by atoms with Gasteiger partial charge >= 0.3 is 5.97 Å². The molecule has 1 aromatic rings. The van der Waals surface area contributed by atoms with Crippen LogP contribution in [0, 0.1) is 0 Å². The van der Waals surface area contributed by atoms with Gasteiger partial charge in [-0.1, -0.05) is 32.9 Å². The Balaban J connectivity index is 2.12. The van der Waals surface area contributed by atoms with Gasteiger partial charge in [-0.25, -0.2) is 4.79 Å². The number of carboxylic acids is 1. The van der Waals surface area contributed by atoms with E-state index < -0.39 is 11.5 Å². The number of carbonyl (C=O) groups is 2. The van der Waals surface area contributed by atoms with Crippen molar-refractivity contribution in [3.63, 3.8) is 0 Å². The van der Waals surface area contributed by atoms with Crippen LogP contribution in [-0.4, -0.2) is 22.5 Å². The number of amides is 1. The second kappa shape index (κ2) is 4.93. The van der Waals surface area contributed by atoms with Crippen LogP contribution in [0.4, 0.5) is 0 Å². The number of aliphatic carboxylic acids is 1. The van der Waals surface area contributed by atoms with Crippen LogP contribution in [0.1, 0.15) is 56.0 Å². The average Bonchev–Trinajstić information content (AvgIpc) is 2.32. The minimum Gasteiger partial charge on any atom is -0.480 e. The van der Waals surface area contributed by atoms with Gasteiger partial charge in [0.05, 0.1) is 0 Å². The van der Waals surface area contributed by atoms with E-state index in [0.29, 0.717) is 18.4 Å². The first-order valence-corrected chi connectivity index (χ1v) is 6.91. The minimum atomic E-state index is -1.06. The molecule has 2 N–H and O–H groups in total. The highest BCUT2D eigenvalue weighted by Gasteiger charge is 2.45. The van der Waals surface area contributed by atoms with Crippen LogP contribution >= 0.6 is 0 Å². The molecule has 0 saturated heterocycles. The molecule has 20 heavy (non-hydrogen) atoms. The zero-order valence-corrected chi connectivity index (χ0v) is 12.2. The Kier molecular flexibility index (Phi) is 3.59. The summed E-state index contributed by atoms with van der Waals surface area (Å²) >= 11 is 0. The van der Waals surface area contributed by atoms with Crippen LogP contribution < -0.4 is 5.32 Å². The van der Waals surface area contributed by atoms with Gasteiger partial charge in [0.25, 0.3) is 5.91 Å². The highest BCUT2D eigenvalue weighted by atomic mass is 16.4. The summed E-state index contributed by atoms with van der Waals surface area (Å²) in [5.41, 5.74) is 0.626. The van der Waals surface area contributed by atoms with Gasteiger partial charge in [0.1, 0.15) is 5.54 Å². The standard InChI is InChI=1S/C16H21NO3/c1-15(2,3)12-7-5-11(6-8-12)13(18)17-16(14(19)20)9-4-10-16/h5-8H,4,9-10H2,1-3H3,(H,17,18)(H,19,20). The van der Waals surface area contributed by atoms with E-state index in [9.17, 15) is 14.7 Å². The molecule has 1 saturated carbocycles. The lowest BCUT2D eigenvalue weighted by atomic mass is 9.76. The Labute approximate surface area is 119 Å². The number of carboxylic acid groups (broad SMARTS) is 1. The van der Waals surface area contributed by atoms with Crippen LogP contribution in [0.2, 0.25) is 0 Å². The quantitative estimate of drug-likeness (QED) is 0.891. The monoisotopic (exact) mass is 275 g/mol. The van der Waals surface area contributed by atoms with Gasteiger partial charge in [0.15, 0.2) is 0 Å². The lowest BCUT2D eigenvalue weighted by molar-refractivity contribution is -0.148. The number of hydrogen-bond donors (Lipinski definition) is 2. The van der Waals surface area contributed by atoms with Crippen molar-refractivity contribution in [2.75, 3.05) is 0 Å². The van der Waals surface area contributed by atoms with E-state index in [1.54, 1.807) is 12.1 Å². The fraction of sp³-hybridized carbons (Fsp3) is 0.500. The van der Waals surface area contributed by atoms with Gasteiger partial charge in [0, 0.05) is 5.56 Å². The van der Waals surface area contributed by atoms with Crippen molar-refractivity contribution in [1.82, 2.24) is 5.32 Å². The number of nitrogens with one attached hydrogen (secondary N) is 1. The van der Waals surface area contributed by atoms with Crippen LogP contribution in [-0.2, 0) is 10.2 Å². The molecule has 1 amide bonds. The third-order valence-electron chi connectivity index (χ3n) is 3.98. The molecule has 2 rings (SSSR count). The molecular formula is C16H21NO3. The van der Waals surface area contributed by atoms with Gasteiger partial charge in [-0.2, -0.15) is 0 Å². The summed E-state index contributed by atoms with van der Waals surface area (Å²) in [6.07, 6.45) is 1.86. The Bertz CT molecular complexity index is 522. The molecule has 0 atom stereocenters. The maximum atomic E-state index is 12.1. The maximum absolute atomic E-state index is 12.1. The molecule has 1 aromatic carbocycles. The number of carbonyl (C=O) groups excluding carboxylic acids is 1. The highest BCUT2D eigenvalue weighted by molar-refractivity contribution is 5.98. The molecule has 0 heterocycles. The van der Waals surface area contributed by atoms with E-state index in [4.69, 9.17) is 0 Å². The summed E-state index contributed by atoms with van der Waals surface area (Å²) in [6, 6.07) is 7.35. The van der Waals surface area contributed by atoms with Crippen LogP contribution in [0.5, 0.6) is 0 Å². The van der Waals surface area contributed by atoms with Gasteiger partial charge in [-0.15, -0.1) is 0 Å². The summed E-state index contributed by atoms with van der Waals surface area (Å²) in [6.45, 7) is 6.32. The summed E-state index contributed by atoms with van der Waals surface area (Å²) < 4.78 is 0. The predicted molar refractivity (Wildman–Crippen MR) is 76.8 cm³/mol. The molecule has 0 aliphatic heterocycles. The molecule has 0 aromatic heterocycles. The Morgan fingerprint density at radius 1 is 1.15 bits per heavy atom. The number of rotatable bonds is 3. The SMILES string of the molecule is CC(C)(C)c1ccc(C(=O)NC2(C(=O)O)CCC2)cc1. The molecule has 0 bridgehead atoms. The fourth-order valence-electron chi connectivity index (χ4n) is 2.33. The fourth-order valence-corrected chi connectivity index (χ4v) is 2.33. The van der Waals surface area contributed by atoms with Crippen LogP contribution in [0.25, 0.3) is 0 Å². The van der Waals surface area contributed by atoms with Gasteiger partial charge in [-0.05, 0) is 42.4 Å². The van der Waals surface area contributed by atoms with Crippen molar-refractivity contribution in [3.8, 4) is 0 Å². The van der Waals surface area contributed by atoms with Crippen molar-refractivity contribution in [3.05, 3.63) is 35.4 Å². The molecule has 0 spiro atoms. The Morgan fingerprint density at radius 2 is 1.70 bits per heavy atom. The molecule has 4 heteroatoms. The van der Waals surface area contributed by atoms with Crippen molar-refractivity contribution in [2.45, 2.75) is 51.0 Å². The minimum absolute atomic E-state index is 0.0330. The molecule has 4 nitrogen and oxygen atoms in total. The van der Waals surface area contributed by atoms with E-state index in [-0.39, 0.29) is 11.3 Å². The summed E-state index contributed by atoms with van der Waals surface area (Å²) in [7, 11) is 0. The van der Waals surface area contributed by atoms with Gasteiger partial charge in [-0.3, -0.25) is 4.79 Å². The second-order valence-electron chi connectivity index (χ2n) is 6.52. The summed E-state index contributed by atoms with van der Waals surface area (Å²) in [4.78, 5) is 23.4. The summed E-state index contributed by atoms with van der Waals surface area (Å²) in [5.74, 6) is -1.25. The molecular weight excluding hydrogens is 254 g/mol. The first kappa shape index (κ1) is 14.6. The normalized spacial score (nSPS) is 17.1. The summed E-state index contributed by atoms with van der Waals surface area (Å²) in [5, 5.41) is 11.9. The number of hydrogen-bond acceptors (Lipinski definition) is 2. The lowest BCUT2D eigenvalue weighted by Crippen LogP contribution is -2.59. The van der Waals surface area contributed by atoms with Crippen molar-refractivity contribution in [2.24, 2.45) is 0 Å². The second-order valence-corrected chi connectivity index (χ2v) is 6.52. The zero-order valence-electron chi connectivity index (χ0n) is 12.2. The molecule has 108 valence electrons. The molecule has 0 unspecified atom stereocenters. The molecule has 1 aliphatic rings. The van der Waals surface area contributed by atoms with E-state index in [1.807, 2.05) is 12.1 Å². The van der Waals surface area contributed by atoms with Gasteiger partial charge in [0.2, 0.25) is 0 Å². The van der Waals surface area contributed by atoms with E-state index >= 15 is 0 Å². The number of benzene rings is 1. The van der Waals surface area contributed by atoms with Crippen molar-refractivity contribution < 1.29 is 14.7 Å². The topological polar surface area (TPSA) is 66.4 Å².